The van der Waals surface area contributed by atoms with Crippen LogP contribution >= 0.6 is 27.5 Å². The minimum atomic E-state index is -0.324. The molecule has 1 rings (SSSR count). The van der Waals surface area contributed by atoms with Gasteiger partial charge in [0.2, 0.25) is 0 Å². The fourth-order valence-electron chi connectivity index (χ4n) is 0.757. The van der Waals surface area contributed by atoms with Crippen LogP contribution in [-0.2, 0) is 0 Å². The van der Waals surface area contributed by atoms with Crippen molar-refractivity contribution in [3.8, 4) is 0 Å². The molecular formula is C8H7BrClFN2. The Hall–Kier alpha value is -0.610. The maximum atomic E-state index is 12.6. The predicted octanol–water partition coefficient (Wildman–Crippen LogP) is 2.82. The van der Waals surface area contributed by atoms with E-state index in [-0.39, 0.29) is 11.7 Å². The maximum Gasteiger partial charge on any atom is 0.124 e. The minimum absolute atomic E-state index is 0.157. The second-order valence-electron chi connectivity index (χ2n) is 2.33. The zero-order valence-electron chi connectivity index (χ0n) is 6.60. The second-order valence-corrected chi connectivity index (χ2v) is 3.45. The van der Waals surface area contributed by atoms with Crippen molar-refractivity contribution in [3.05, 3.63) is 28.5 Å². The van der Waals surface area contributed by atoms with Crippen LogP contribution in [0.3, 0.4) is 0 Å². The van der Waals surface area contributed by atoms with E-state index in [0.29, 0.717) is 16.0 Å². The first-order chi connectivity index (χ1) is 6.13. The van der Waals surface area contributed by atoms with E-state index in [2.05, 4.69) is 20.9 Å². The molecule has 0 radical (unpaired) electrons. The van der Waals surface area contributed by atoms with Gasteiger partial charge in [0, 0.05) is 4.47 Å². The van der Waals surface area contributed by atoms with Crippen molar-refractivity contribution in [2.75, 3.05) is 5.88 Å². The number of alkyl halides is 1. The number of halogens is 3. The summed E-state index contributed by atoms with van der Waals surface area (Å²) in [5.74, 6) is 0.133. The number of aliphatic imine (C=N–C) groups is 1. The van der Waals surface area contributed by atoms with Crippen molar-refractivity contribution >= 4 is 39.1 Å². The number of nitrogens with zero attached hydrogens (tertiary/aromatic N) is 1. The van der Waals surface area contributed by atoms with Gasteiger partial charge in [-0.2, -0.15) is 0 Å². The molecule has 0 aliphatic heterocycles. The van der Waals surface area contributed by atoms with Crippen LogP contribution in [-0.4, -0.2) is 11.7 Å². The highest BCUT2D eigenvalue weighted by atomic mass is 79.9. The first-order valence-corrected chi connectivity index (χ1v) is 4.80. The highest BCUT2D eigenvalue weighted by molar-refractivity contribution is 9.10. The van der Waals surface area contributed by atoms with Crippen LogP contribution in [0.5, 0.6) is 0 Å². The minimum Gasteiger partial charge on any atom is -0.386 e. The van der Waals surface area contributed by atoms with E-state index in [4.69, 9.17) is 17.3 Å². The van der Waals surface area contributed by atoms with Gasteiger partial charge in [-0.25, -0.2) is 9.38 Å². The van der Waals surface area contributed by atoms with Crippen LogP contribution in [0.1, 0.15) is 0 Å². The largest absolute Gasteiger partial charge is 0.386 e. The third-order valence-corrected chi connectivity index (χ3v) is 2.22. The van der Waals surface area contributed by atoms with Crippen LogP contribution in [0.2, 0.25) is 0 Å². The van der Waals surface area contributed by atoms with Gasteiger partial charge < -0.3 is 5.73 Å². The lowest BCUT2D eigenvalue weighted by Crippen LogP contribution is -2.12. The normalized spacial score (nSPS) is 11.8. The zero-order valence-corrected chi connectivity index (χ0v) is 8.94. The lowest BCUT2D eigenvalue weighted by molar-refractivity contribution is 0.627. The van der Waals surface area contributed by atoms with Crippen LogP contribution in [0.15, 0.2) is 27.7 Å². The second kappa shape index (κ2) is 4.58. The van der Waals surface area contributed by atoms with Gasteiger partial charge in [0.1, 0.15) is 11.7 Å². The predicted molar refractivity (Wildman–Crippen MR) is 56.1 cm³/mol. The molecule has 0 spiro atoms. The molecule has 0 amide bonds. The van der Waals surface area contributed by atoms with E-state index in [0.717, 1.165) is 0 Å². The molecule has 0 aliphatic rings. The molecule has 0 atom stereocenters. The van der Waals surface area contributed by atoms with Gasteiger partial charge in [-0.1, -0.05) is 0 Å². The van der Waals surface area contributed by atoms with Crippen LogP contribution in [0, 0.1) is 5.82 Å². The number of hydrogen-bond acceptors (Lipinski definition) is 1. The highest BCUT2D eigenvalue weighted by Crippen LogP contribution is 2.25. The van der Waals surface area contributed by atoms with Gasteiger partial charge >= 0.3 is 0 Å². The Morgan fingerprint density at radius 1 is 1.62 bits per heavy atom. The average molecular weight is 266 g/mol. The molecule has 0 saturated heterocycles. The van der Waals surface area contributed by atoms with Gasteiger partial charge in [0.15, 0.2) is 0 Å². The van der Waals surface area contributed by atoms with Gasteiger partial charge in [0.25, 0.3) is 0 Å². The molecule has 2 nitrogen and oxygen atoms in total. The number of hydrogen-bond donors (Lipinski definition) is 1. The topological polar surface area (TPSA) is 38.4 Å². The monoisotopic (exact) mass is 264 g/mol. The lowest BCUT2D eigenvalue weighted by atomic mass is 10.3. The summed E-state index contributed by atoms with van der Waals surface area (Å²) in [6.45, 7) is 0. The molecule has 13 heavy (non-hydrogen) atoms. The van der Waals surface area contributed by atoms with Gasteiger partial charge in [-0.3, -0.25) is 0 Å². The standard InChI is InChI=1S/C8H7BrClFN2/c9-6-3-5(11)1-2-7(6)13-8(12)4-10/h1-3H,4H2,(H2,12,13). The molecule has 70 valence electrons. The van der Waals surface area contributed by atoms with Crippen molar-refractivity contribution < 1.29 is 4.39 Å². The van der Waals surface area contributed by atoms with Crippen molar-refractivity contribution in [2.24, 2.45) is 10.7 Å². The van der Waals surface area contributed by atoms with Crippen molar-refractivity contribution in [1.29, 1.82) is 0 Å². The first-order valence-electron chi connectivity index (χ1n) is 3.47. The number of nitrogens with two attached hydrogens (primary N) is 1. The molecule has 1 aromatic rings. The Morgan fingerprint density at radius 3 is 2.85 bits per heavy atom. The molecule has 1 aromatic carbocycles. The summed E-state index contributed by atoms with van der Waals surface area (Å²) in [4.78, 5) is 3.97. The number of benzene rings is 1. The van der Waals surface area contributed by atoms with Gasteiger partial charge in [0.05, 0.1) is 11.6 Å². The van der Waals surface area contributed by atoms with E-state index in [1.54, 1.807) is 0 Å². The summed E-state index contributed by atoms with van der Waals surface area (Å²) < 4.78 is 13.2. The third-order valence-electron chi connectivity index (χ3n) is 1.31. The van der Waals surface area contributed by atoms with E-state index in [9.17, 15) is 4.39 Å². The molecule has 0 unspecified atom stereocenters. The van der Waals surface area contributed by atoms with Crippen LogP contribution in [0.4, 0.5) is 10.1 Å². The molecular weight excluding hydrogens is 258 g/mol. The Morgan fingerprint density at radius 2 is 2.31 bits per heavy atom. The Labute approximate surface area is 88.7 Å². The van der Waals surface area contributed by atoms with E-state index in [1.807, 2.05) is 0 Å². The Balaban J connectivity index is 3.03. The van der Waals surface area contributed by atoms with E-state index < -0.39 is 0 Å². The molecule has 0 heterocycles. The lowest BCUT2D eigenvalue weighted by Gasteiger charge is -1.99. The quantitative estimate of drug-likeness (QED) is 0.498. The maximum absolute atomic E-state index is 12.6. The summed E-state index contributed by atoms with van der Waals surface area (Å²) in [5.41, 5.74) is 5.98. The molecule has 2 N–H and O–H groups in total. The summed E-state index contributed by atoms with van der Waals surface area (Å²) in [6, 6.07) is 4.16. The molecule has 5 heteroatoms. The highest BCUT2D eigenvalue weighted by Gasteiger charge is 2.00. The molecule has 0 bridgehead atoms. The summed E-state index contributed by atoms with van der Waals surface area (Å²) in [5, 5.41) is 0. The van der Waals surface area contributed by atoms with E-state index >= 15 is 0 Å². The smallest absolute Gasteiger partial charge is 0.124 e. The fraction of sp³-hybridized carbons (Fsp3) is 0.125. The Kier molecular flexibility index (Phi) is 3.69. The zero-order chi connectivity index (χ0) is 9.84. The van der Waals surface area contributed by atoms with Crippen LogP contribution in [0.25, 0.3) is 0 Å². The molecule has 0 fully saturated rings. The van der Waals surface area contributed by atoms with Crippen molar-refractivity contribution in [3.63, 3.8) is 0 Å². The van der Waals surface area contributed by atoms with Crippen LogP contribution < -0.4 is 5.73 Å². The van der Waals surface area contributed by atoms with Crippen molar-refractivity contribution in [1.82, 2.24) is 0 Å². The molecule has 0 aromatic heterocycles. The van der Waals surface area contributed by atoms with Gasteiger partial charge in [-0.15, -0.1) is 11.6 Å². The first kappa shape index (κ1) is 10.5. The Bertz CT molecular complexity index is 341. The average Bonchev–Trinajstić information content (AvgIpc) is 2.09. The summed E-state index contributed by atoms with van der Waals surface area (Å²) >= 11 is 8.60. The number of rotatable bonds is 2. The molecule has 0 aliphatic carbocycles. The SMILES string of the molecule is NC(CCl)=Nc1ccc(F)cc1Br. The fourth-order valence-corrected chi connectivity index (χ4v) is 1.26. The molecule has 0 saturated carbocycles. The van der Waals surface area contributed by atoms with E-state index in [1.165, 1.54) is 18.2 Å². The summed E-state index contributed by atoms with van der Waals surface area (Å²) in [6.07, 6.45) is 0. The van der Waals surface area contributed by atoms with Gasteiger partial charge in [-0.05, 0) is 34.1 Å². The summed E-state index contributed by atoms with van der Waals surface area (Å²) in [7, 11) is 0. The van der Waals surface area contributed by atoms with Crippen molar-refractivity contribution in [2.45, 2.75) is 0 Å². The third kappa shape index (κ3) is 2.97. The number of amidine groups is 1.